The van der Waals surface area contributed by atoms with Crippen molar-refractivity contribution in [3.63, 3.8) is 0 Å². The Labute approximate surface area is 96.9 Å². The van der Waals surface area contributed by atoms with Gasteiger partial charge in [-0.15, -0.1) is 0 Å². The van der Waals surface area contributed by atoms with Crippen LogP contribution in [0.15, 0.2) is 0 Å². The number of nitrogens with one attached hydrogen (secondary N) is 1. The molecule has 1 N–H and O–H groups in total. The summed E-state index contributed by atoms with van der Waals surface area (Å²) in [5.41, 5.74) is 0. The summed E-state index contributed by atoms with van der Waals surface area (Å²) in [5.74, 6) is -0.439. The van der Waals surface area contributed by atoms with Crippen molar-refractivity contribution in [2.75, 3.05) is 52.1 Å². The third-order valence-electron chi connectivity index (χ3n) is 2.66. The van der Waals surface area contributed by atoms with Crippen LogP contribution in [0.3, 0.4) is 0 Å². The van der Waals surface area contributed by atoms with E-state index in [4.69, 9.17) is 5.26 Å². The third kappa shape index (κ3) is 4.06. The van der Waals surface area contributed by atoms with Gasteiger partial charge in [-0.05, 0) is 0 Å². The molecular weight excluding hydrogens is 228 g/mol. The molecule has 0 saturated carbocycles. The lowest BCUT2D eigenvalue weighted by molar-refractivity contribution is 0.229. The summed E-state index contributed by atoms with van der Waals surface area (Å²) in [6.07, 6.45) is 0. The Morgan fingerprint density at radius 2 is 2.06 bits per heavy atom. The Kier molecular flexibility index (Phi) is 5.15. The molecule has 1 rings (SSSR count). The fraction of sp³-hybridized carbons (Fsp3) is 0.889. The van der Waals surface area contributed by atoms with Gasteiger partial charge in [-0.3, -0.25) is 4.90 Å². The van der Waals surface area contributed by atoms with E-state index in [9.17, 15) is 8.42 Å². The fourth-order valence-electron chi connectivity index (χ4n) is 1.55. The van der Waals surface area contributed by atoms with E-state index in [1.54, 1.807) is 6.07 Å². The molecule has 1 heterocycles. The van der Waals surface area contributed by atoms with Crippen molar-refractivity contribution >= 4 is 10.0 Å². The number of hydrogen-bond donors (Lipinski definition) is 1. The Morgan fingerprint density at radius 1 is 1.44 bits per heavy atom. The predicted molar refractivity (Wildman–Crippen MR) is 61.3 cm³/mol. The molecule has 0 amide bonds. The first-order chi connectivity index (χ1) is 7.56. The number of rotatable bonds is 5. The quantitative estimate of drug-likeness (QED) is 0.651. The van der Waals surface area contributed by atoms with Gasteiger partial charge in [0.15, 0.2) is 5.75 Å². The van der Waals surface area contributed by atoms with Crippen molar-refractivity contribution in [3.05, 3.63) is 0 Å². The molecule has 0 unspecified atom stereocenters. The van der Waals surface area contributed by atoms with Crippen molar-refractivity contribution < 1.29 is 8.42 Å². The first kappa shape index (κ1) is 13.4. The maximum atomic E-state index is 11.5. The van der Waals surface area contributed by atoms with Gasteiger partial charge in [-0.25, -0.2) is 12.7 Å². The minimum atomic E-state index is -3.38. The van der Waals surface area contributed by atoms with Crippen molar-refractivity contribution in [1.29, 1.82) is 5.26 Å². The molecule has 0 aromatic rings. The highest BCUT2D eigenvalue weighted by Gasteiger charge is 2.18. The molecule has 92 valence electrons. The van der Waals surface area contributed by atoms with E-state index < -0.39 is 15.8 Å². The first-order valence-electron chi connectivity index (χ1n) is 5.30. The van der Waals surface area contributed by atoms with Crippen molar-refractivity contribution in [2.24, 2.45) is 0 Å². The summed E-state index contributed by atoms with van der Waals surface area (Å²) in [5, 5.41) is 11.6. The second-order valence-corrected chi connectivity index (χ2v) is 5.90. The monoisotopic (exact) mass is 246 g/mol. The van der Waals surface area contributed by atoms with Crippen LogP contribution in [0, 0.1) is 11.3 Å². The Morgan fingerprint density at radius 3 is 2.62 bits per heavy atom. The molecule has 0 aromatic carbocycles. The van der Waals surface area contributed by atoms with Crippen molar-refractivity contribution in [1.82, 2.24) is 14.5 Å². The second-order valence-electron chi connectivity index (χ2n) is 3.83. The molecular formula is C9H18N4O2S. The van der Waals surface area contributed by atoms with Crippen LogP contribution in [0.25, 0.3) is 0 Å². The highest BCUT2D eigenvalue weighted by atomic mass is 32.2. The normalized spacial score (nSPS) is 18.6. The molecule has 0 bridgehead atoms. The van der Waals surface area contributed by atoms with Crippen LogP contribution in [0.2, 0.25) is 0 Å². The van der Waals surface area contributed by atoms with Crippen molar-refractivity contribution in [3.8, 4) is 6.07 Å². The summed E-state index contributed by atoms with van der Waals surface area (Å²) < 4.78 is 24.2. The summed E-state index contributed by atoms with van der Waals surface area (Å²) in [6, 6.07) is 1.67. The molecule has 6 nitrogen and oxygen atoms in total. The number of likely N-dealkylation sites (N-methyl/N-ethyl adjacent to an activating group) is 1. The van der Waals surface area contributed by atoms with Gasteiger partial charge in [0.05, 0.1) is 6.07 Å². The van der Waals surface area contributed by atoms with E-state index in [2.05, 4.69) is 10.2 Å². The molecule has 16 heavy (non-hydrogen) atoms. The number of hydrogen-bond acceptors (Lipinski definition) is 5. The molecule has 7 heteroatoms. The highest BCUT2D eigenvalue weighted by Crippen LogP contribution is 1.99. The van der Waals surface area contributed by atoms with Gasteiger partial charge in [-0.2, -0.15) is 5.26 Å². The molecule has 1 aliphatic heterocycles. The fourth-order valence-corrected chi connectivity index (χ4v) is 2.29. The van der Waals surface area contributed by atoms with E-state index in [-0.39, 0.29) is 0 Å². The molecule has 0 atom stereocenters. The van der Waals surface area contributed by atoms with Crippen LogP contribution in [-0.2, 0) is 10.0 Å². The minimum absolute atomic E-state index is 0.439. The van der Waals surface area contributed by atoms with Gasteiger partial charge in [0.2, 0.25) is 10.0 Å². The smallest absolute Gasteiger partial charge is 0.227 e. The lowest BCUT2D eigenvalue weighted by Crippen LogP contribution is -2.46. The topological polar surface area (TPSA) is 76.4 Å². The van der Waals surface area contributed by atoms with Crippen LogP contribution in [0.4, 0.5) is 0 Å². The van der Waals surface area contributed by atoms with Crippen LogP contribution in [-0.4, -0.2) is 69.7 Å². The van der Waals surface area contributed by atoms with E-state index in [1.807, 2.05) is 0 Å². The van der Waals surface area contributed by atoms with Crippen molar-refractivity contribution in [2.45, 2.75) is 0 Å². The van der Waals surface area contributed by atoms with Crippen LogP contribution >= 0.6 is 0 Å². The zero-order chi connectivity index (χ0) is 12.0. The Bertz CT molecular complexity index is 343. The summed E-state index contributed by atoms with van der Waals surface area (Å²) in [4.78, 5) is 2.22. The van der Waals surface area contributed by atoms with E-state index >= 15 is 0 Å². The Balaban J connectivity index is 2.34. The van der Waals surface area contributed by atoms with E-state index in [1.165, 1.54) is 11.4 Å². The van der Waals surface area contributed by atoms with Crippen LogP contribution in [0.5, 0.6) is 0 Å². The van der Waals surface area contributed by atoms with Gasteiger partial charge in [0, 0.05) is 46.3 Å². The number of piperazine rings is 1. The molecule has 1 saturated heterocycles. The van der Waals surface area contributed by atoms with Crippen LogP contribution in [0.1, 0.15) is 0 Å². The zero-order valence-electron chi connectivity index (χ0n) is 9.52. The molecule has 0 radical (unpaired) electrons. The summed E-state index contributed by atoms with van der Waals surface area (Å²) in [7, 11) is -1.86. The molecule has 0 spiro atoms. The molecule has 1 fully saturated rings. The lowest BCUT2D eigenvalue weighted by atomic mass is 10.3. The molecule has 1 aliphatic rings. The van der Waals surface area contributed by atoms with Gasteiger partial charge in [0.1, 0.15) is 0 Å². The first-order valence-corrected chi connectivity index (χ1v) is 6.91. The second kappa shape index (κ2) is 6.15. The predicted octanol–water partition coefficient (Wildman–Crippen LogP) is -1.32. The maximum absolute atomic E-state index is 11.5. The largest absolute Gasteiger partial charge is 0.314 e. The van der Waals surface area contributed by atoms with E-state index in [0.717, 1.165) is 32.7 Å². The Hall–Kier alpha value is -0.680. The average Bonchev–Trinajstić information content (AvgIpc) is 2.27. The third-order valence-corrected chi connectivity index (χ3v) is 4.29. The van der Waals surface area contributed by atoms with Gasteiger partial charge in [0.25, 0.3) is 0 Å². The number of nitriles is 1. The maximum Gasteiger partial charge on any atom is 0.227 e. The molecule has 0 aliphatic carbocycles. The number of nitrogens with zero attached hydrogens (tertiary/aromatic N) is 3. The van der Waals surface area contributed by atoms with Gasteiger partial charge >= 0.3 is 0 Å². The number of sulfonamides is 1. The van der Waals surface area contributed by atoms with Crippen LogP contribution < -0.4 is 5.32 Å². The standard InChI is InChI=1S/C9H18N4O2S/c1-12(16(14,15)9-2-10)7-8-13-5-3-11-4-6-13/h11H,3-9H2,1H3. The lowest BCUT2D eigenvalue weighted by Gasteiger charge is -2.28. The zero-order valence-corrected chi connectivity index (χ0v) is 10.3. The minimum Gasteiger partial charge on any atom is -0.314 e. The van der Waals surface area contributed by atoms with Gasteiger partial charge in [-0.1, -0.05) is 0 Å². The SMILES string of the molecule is CN(CCN1CCNCC1)S(=O)(=O)CC#N. The summed E-state index contributed by atoms with van der Waals surface area (Å²) in [6.45, 7) is 4.98. The highest BCUT2D eigenvalue weighted by molar-refractivity contribution is 7.89. The van der Waals surface area contributed by atoms with Gasteiger partial charge < -0.3 is 5.32 Å². The van der Waals surface area contributed by atoms with E-state index in [0.29, 0.717) is 6.54 Å². The summed E-state index contributed by atoms with van der Waals surface area (Å²) >= 11 is 0. The average molecular weight is 246 g/mol. The molecule has 0 aromatic heterocycles.